The molecule has 83 heavy (non-hydrogen) atoms. The molecule has 12 rings (SSSR count). The molecule has 2 aliphatic rings. The fourth-order valence-electron chi connectivity index (χ4n) is 8.87. The van der Waals surface area contributed by atoms with E-state index in [0.717, 1.165) is 64.2 Å². The van der Waals surface area contributed by atoms with E-state index in [1.807, 2.05) is 80.6 Å². The Kier molecular flexibility index (Phi) is 16.5. The second kappa shape index (κ2) is 24.5. The number of methoxy groups -OCH3 is 4. The summed E-state index contributed by atoms with van der Waals surface area (Å²) in [5, 5.41) is 19.1. The van der Waals surface area contributed by atoms with E-state index in [1.54, 1.807) is 117 Å². The molecule has 0 bridgehead atoms. The first-order valence-corrected chi connectivity index (χ1v) is 26.4. The van der Waals surface area contributed by atoms with Crippen molar-refractivity contribution in [3.8, 4) is 68.2 Å². The molecule has 0 spiro atoms. The third-order valence-electron chi connectivity index (χ3n) is 13.7. The lowest BCUT2D eigenvalue weighted by molar-refractivity contribution is 0.0685. The topological polar surface area (TPSA) is 257 Å². The molecule has 6 aromatic heterocycles. The zero-order valence-corrected chi connectivity index (χ0v) is 46.2. The minimum Gasteiger partial charge on any atom is -0.493 e. The molecule has 0 amide bonds. The summed E-state index contributed by atoms with van der Waals surface area (Å²) in [6.45, 7) is 3.95. The van der Waals surface area contributed by atoms with Gasteiger partial charge in [0.2, 0.25) is 16.6 Å². The number of nitrogens with zero attached hydrogens (tertiary/aromatic N) is 8. The lowest BCUT2D eigenvalue weighted by Gasteiger charge is -2.12. The number of pyridine rings is 4. The number of hydrogen-bond donors (Lipinski definition) is 2. The maximum atomic E-state index is 13.4. The highest BCUT2D eigenvalue weighted by molar-refractivity contribution is 5.96. The van der Waals surface area contributed by atoms with E-state index >= 15 is 0 Å². The van der Waals surface area contributed by atoms with Gasteiger partial charge in [0.15, 0.2) is 34.5 Å². The van der Waals surface area contributed by atoms with Gasteiger partial charge < -0.3 is 39.3 Å². The number of aryl methyl sites for hydroxylation is 2. The summed E-state index contributed by atoms with van der Waals surface area (Å²) < 4.78 is 36.8. The number of benzene rings is 4. The quantitative estimate of drug-likeness (QED) is 0.0852. The van der Waals surface area contributed by atoms with Crippen LogP contribution in [0.3, 0.4) is 0 Å². The largest absolute Gasteiger partial charge is 0.493 e. The number of hydrogen-bond acceptors (Lipinski definition) is 17. The molecule has 20 nitrogen and oxygen atoms in total. The summed E-state index contributed by atoms with van der Waals surface area (Å²) in [7, 11) is 6.32. The van der Waals surface area contributed by atoms with Crippen LogP contribution >= 0.6 is 0 Å². The Labute approximate surface area is 475 Å². The molecule has 20 heteroatoms. The lowest BCUT2D eigenvalue weighted by atomic mass is 10.0. The molecule has 0 atom stereocenters. The van der Waals surface area contributed by atoms with Crippen molar-refractivity contribution in [1.29, 1.82) is 0 Å². The first-order chi connectivity index (χ1) is 40.2. The van der Waals surface area contributed by atoms with Crippen molar-refractivity contribution in [2.45, 2.75) is 58.0 Å². The van der Waals surface area contributed by atoms with Gasteiger partial charge in [-0.15, -0.1) is 0 Å². The van der Waals surface area contributed by atoms with Crippen LogP contribution < -0.4 is 45.0 Å². The third-order valence-corrected chi connectivity index (χ3v) is 13.7. The van der Waals surface area contributed by atoms with Crippen molar-refractivity contribution in [3.05, 3.63) is 195 Å². The predicted octanol–water partition coefficient (Wildman–Crippen LogP) is 11.0. The van der Waals surface area contributed by atoms with Gasteiger partial charge in [-0.25, -0.2) is 9.78 Å². The van der Waals surface area contributed by atoms with E-state index in [2.05, 4.69) is 30.1 Å². The van der Waals surface area contributed by atoms with Gasteiger partial charge in [0, 0.05) is 64.5 Å². The second-order valence-electron chi connectivity index (χ2n) is 19.7. The molecule has 0 saturated heterocycles. The number of carbonyl (C=O) groups excluding carboxylic acids is 1. The number of nitrogen functional groups attached to an aromatic ring is 1. The molecule has 2 fully saturated rings. The van der Waals surface area contributed by atoms with Crippen LogP contribution in [0.5, 0.6) is 46.0 Å². The zero-order valence-electron chi connectivity index (χ0n) is 46.2. The average molecular weight is 1120 g/mol. The van der Waals surface area contributed by atoms with E-state index in [-0.39, 0.29) is 35.4 Å². The van der Waals surface area contributed by atoms with Crippen LogP contribution in [0.4, 0.5) is 5.82 Å². The summed E-state index contributed by atoms with van der Waals surface area (Å²) >= 11 is 0. The SMILES string of the molecule is COc1cc2nccc(Oc3ccc(CC(=O)c4nn(C5CC5)cc(-c5ccc(C)cc5)c4=O)nc3)c2cc1OC.COc1cc2nccc(Oc3ccc(N)nc3)c2cc1OC.Cc1ccc(-c2cn(C3CC3)nc(C(=O)O)c2=O)cc1. The predicted molar refractivity (Wildman–Crippen MR) is 312 cm³/mol. The van der Waals surface area contributed by atoms with Crippen molar-refractivity contribution in [1.82, 2.24) is 39.5 Å². The number of rotatable bonds is 16. The summed E-state index contributed by atoms with van der Waals surface area (Å²) in [6, 6.07) is 33.3. The third kappa shape index (κ3) is 12.9. The minimum absolute atomic E-state index is 0.0558. The van der Waals surface area contributed by atoms with Gasteiger partial charge in [0.1, 0.15) is 28.8 Å². The number of carboxylic acid groups (broad SMARTS) is 1. The molecular weight excluding hydrogens is 1060 g/mol. The molecule has 4 aromatic carbocycles. The molecule has 420 valence electrons. The first kappa shape index (κ1) is 55.8. The maximum absolute atomic E-state index is 13.4. The zero-order chi connectivity index (χ0) is 58.3. The number of aromatic nitrogens is 8. The Morgan fingerprint density at radius 1 is 0.542 bits per heavy atom. The number of carboxylic acids is 1. The number of carbonyl (C=O) groups is 2. The lowest BCUT2D eigenvalue weighted by Crippen LogP contribution is -2.24. The Hall–Kier alpha value is -10.5. The molecule has 10 aromatic rings. The molecule has 2 saturated carbocycles. The molecule has 0 aliphatic heterocycles. The molecule has 3 N–H and O–H groups in total. The van der Waals surface area contributed by atoms with Gasteiger partial charge in [-0.2, -0.15) is 10.2 Å². The van der Waals surface area contributed by atoms with Gasteiger partial charge in [-0.05, 0) is 99.2 Å². The first-order valence-electron chi connectivity index (χ1n) is 26.4. The number of aromatic carboxylic acids is 1. The number of nitrogens with two attached hydrogens (primary N) is 1. The van der Waals surface area contributed by atoms with Crippen molar-refractivity contribution >= 4 is 39.4 Å². The Morgan fingerprint density at radius 2 is 0.976 bits per heavy atom. The van der Waals surface area contributed by atoms with Gasteiger partial charge in [-0.1, -0.05) is 59.7 Å². The molecule has 2 aliphatic carbocycles. The van der Waals surface area contributed by atoms with E-state index < -0.39 is 17.1 Å². The van der Waals surface area contributed by atoms with Crippen LogP contribution in [0, 0.1) is 13.8 Å². The maximum Gasteiger partial charge on any atom is 0.360 e. The fourth-order valence-corrected chi connectivity index (χ4v) is 8.87. The van der Waals surface area contributed by atoms with Crippen molar-refractivity contribution in [2.24, 2.45) is 0 Å². The van der Waals surface area contributed by atoms with Crippen LogP contribution in [0.15, 0.2) is 156 Å². The molecule has 0 unspecified atom stereocenters. The van der Waals surface area contributed by atoms with E-state index in [0.29, 0.717) is 74.2 Å². The van der Waals surface area contributed by atoms with E-state index in [4.69, 9.17) is 39.3 Å². The van der Waals surface area contributed by atoms with Gasteiger partial charge >= 0.3 is 5.97 Å². The average Bonchev–Trinajstić information content (AvgIpc) is 4.58. The number of ether oxygens (including phenoxy) is 6. The van der Waals surface area contributed by atoms with Crippen LogP contribution in [0.2, 0.25) is 0 Å². The summed E-state index contributed by atoms with van der Waals surface area (Å²) in [5.74, 6) is 3.45. The summed E-state index contributed by atoms with van der Waals surface area (Å²) in [5.41, 5.74) is 10.7. The molecule has 6 heterocycles. The van der Waals surface area contributed by atoms with Crippen LogP contribution in [-0.2, 0) is 6.42 Å². The number of ketones is 1. The van der Waals surface area contributed by atoms with Crippen LogP contribution in [0.25, 0.3) is 44.1 Å². The number of Topliss-reactive ketones (excluding diaryl/α,β-unsaturated/α-hetero) is 1. The normalized spacial score (nSPS) is 12.5. The van der Waals surface area contributed by atoms with Crippen molar-refractivity contribution in [2.75, 3.05) is 34.2 Å². The Balaban J connectivity index is 0.000000154. The van der Waals surface area contributed by atoms with E-state index in [9.17, 15) is 19.2 Å². The molecular formula is C63H57N9O11. The highest BCUT2D eigenvalue weighted by Crippen LogP contribution is 2.39. The second-order valence-corrected chi connectivity index (χ2v) is 19.7. The van der Waals surface area contributed by atoms with Gasteiger partial charge in [0.05, 0.1) is 70.4 Å². The molecule has 0 radical (unpaired) electrons. The standard InChI is InChI=1S/C32H28N4O5.C16H15N3O3.C15H14N2O3/c1-19-4-6-20(7-5-19)25-18-36(22-9-10-22)35-31(32(25)38)27(37)14-21-8-11-23(17-34-21)41-28-12-13-33-26-16-30(40-3)29(39-2)15-24(26)28;1-20-14-7-11-12(8-15(14)21-2)18-6-5-13(11)22-10-3-4-16(17)19-9-10;1-9-2-4-10(5-3-9)12-8-17(11-6-7-11)16-13(14(12)18)15(19)20/h4-8,11-13,15-18,22H,9-10,14H2,1-3H3;3-9H,1-2H3,(H2,17,19);2-5,8,11H,6-7H2,1H3,(H,19,20). The highest BCUT2D eigenvalue weighted by Gasteiger charge is 2.29. The van der Waals surface area contributed by atoms with Crippen LogP contribution in [0.1, 0.15) is 75.6 Å². The summed E-state index contributed by atoms with van der Waals surface area (Å²) in [6.07, 6.45) is 13.7. The smallest absolute Gasteiger partial charge is 0.360 e. The van der Waals surface area contributed by atoms with Crippen molar-refractivity contribution < 1.29 is 43.1 Å². The van der Waals surface area contributed by atoms with Gasteiger partial charge in [-0.3, -0.25) is 38.7 Å². The highest BCUT2D eigenvalue weighted by atomic mass is 16.5. The Morgan fingerprint density at radius 3 is 1.39 bits per heavy atom. The monoisotopic (exact) mass is 1120 g/mol. The van der Waals surface area contributed by atoms with Crippen molar-refractivity contribution in [3.63, 3.8) is 0 Å². The fraction of sp³-hybridized carbons (Fsp3) is 0.206. The Bertz CT molecular complexity index is 4150. The van der Waals surface area contributed by atoms with Crippen LogP contribution in [-0.4, -0.2) is 84.8 Å². The number of fused-ring (bicyclic) bond motifs is 2. The van der Waals surface area contributed by atoms with E-state index in [1.165, 1.54) is 0 Å². The van der Waals surface area contributed by atoms with Gasteiger partial charge in [0.25, 0.3) is 0 Å². The summed E-state index contributed by atoms with van der Waals surface area (Å²) in [4.78, 5) is 67.3. The minimum atomic E-state index is -1.28. The number of anilines is 1.